The summed E-state index contributed by atoms with van der Waals surface area (Å²) in [4.78, 5) is 21.5. The van der Waals surface area contributed by atoms with Gasteiger partial charge in [-0.2, -0.15) is 0 Å². The van der Waals surface area contributed by atoms with Crippen LogP contribution in [0.3, 0.4) is 0 Å². The Kier molecular flexibility index (Phi) is 7.69. The molecule has 0 aliphatic heterocycles. The Labute approximate surface area is 203 Å². The first-order valence-corrected chi connectivity index (χ1v) is 11.9. The molecule has 0 unspecified atom stereocenters. The van der Waals surface area contributed by atoms with Crippen LogP contribution in [0.2, 0.25) is 0 Å². The molecule has 2 aromatic carbocycles. The third-order valence-corrected chi connectivity index (χ3v) is 6.22. The fourth-order valence-corrected chi connectivity index (χ4v) is 4.25. The van der Waals surface area contributed by atoms with Gasteiger partial charge < -0.3 is 10.1 Å². The van der Waals surface area contributed by atoms with Gasteiger partial charge in [-0.15, -0.1) is 5.10 Å². The van der Waals surface area contributed by atoms with Gasteiger partial charge in [0.1, 0.15) is 5.75 Å². The molecular formula is C23H21BrN6O2S. The molecule has 0 saturated carbocycles. The summed E-state index contributed by atoms with van der Waals surface area (Å²) < 4.78 is 8.02. The second-order valence-corrected chi connectivity index (χ2v) is 8.77. The second kappa shape index (κ2) is 11.1. The van der Waals surface area contributed by atoms with E-state index < -0.39 is 0 Å². The van der Waals surface area contributed by atoms with E-state index in [0.717, 1.165) is 21.5 Å². The van der Waals surface area contributed by atoms with Crippen LogP contribution in [0.25, 0.3) is 5.69 Å². The number of carbonyl (C=O) groups excluding carboxylic acids is 1. The number of benzene rings is 2. The molecule has 33 heavy (non-hydrogen) atoms. The molecule has 0 bridgehead atoms. The minimum Gasteiger partial charge on any atom is -0.496 e. The zero-order valence-corrected chi connectivity index (χ0v) is 20.2. The number of amides is 1. The highest BCUT2D eigenvalue weighted by Gasteiger charge is 2.21. The monoisotopic (exact) mass is 524 g/mol. The van der Waals surface area contributed by atoms with E-state index in [4.69, 9.17) is 4.74 Å². The van der Waals surface area contributed by atoms with Gasteiger partial charge in [-0.25, -0.2) is 14.6 Å². The fraction of sp³-hybridized carbons (Fsp3) is 0.174. The topological polar surface area (TPSA) is 94.8 Å². The van der Waals surface area contributed by atoms with Crippen molar-refractivity contribution < 1.29 is 9.53 Å². The first kappa shape index (κ1) is 22.9. The van der Waals surface area contributed by atoms with E-state index in [9.17, 15) is 4.79 Å². The van der Waals surface area contributed by atoms with Gasteiger partial charge in [-0.05, 0) is 48.4 Å². The van der Waals surface area contributed by atoms with Gasteiger partial charge in [0.25, 0.3) is 5.91 Å². The zero-order valence-electron chi connectivity index (χ0n) is 17.8. The van der Waals surface area contributed by atoms with Crippen molar-refractivity contribution in [2.75, 3.05) is 13.7 Å². The van der Waals surface area contributed by atoms with Crippen LogP contribution in [0.15, 0.2) is 76.6 Å². The lowest BCUT2D eigenvalue weighted by Crippen LogP contribution is -2.27. The van der Waals surface area contributed by atoms with Crippen molar-refractivity contribution in [2.45, 2.75) is 17.3 Å². The molecule has 0 radical (unpaired) electrons. The van der Waals surface area contributed by atoms with E-state index in [-0.39, 0.29) is 11.6 Å². The zero-order chi connectivity index (χ0) is 23.0. The highest BCUT2D eigenvalue weighted by atomic mass is 79.9. The molecule has 2 aromatic heterocycles. The standard InChI is InChI=1S/C23H21BrN6O2S/c1-32-20-6-3-2-5-16(20)11-14-25-22(31)21-19(15-33-23-26-12-4-13-27-23)30(29-28-21)18-9-7-17(24)8-10-18/h2-10,12-13H,11,14-15H2,1H3,(H,25,31). The van der Waals surface area contributed by atoms with Crippen LogP contribution in [0.1, 0.15) is 21.7 Å². The van der Waals surface area contributed by atoms with Gasteiger partial charge in [-0.1, -0.05) is 51.1 Å². The van der Waals surface area contributed by atoms with E-state index in [1.54, 1.807) is 30.3 Å². The molecule has 2 heterocycles. The largest absolute Gasteiger partial charge is 0.496 e. The van der Waals surface area contributed by atoms with E-state index in [2.05, 4.69) is 41.5 Å². The van der Waals surface area contributed by atoms with Crippen LogP contribution in [0.4, 0.5) is 0 Å². The highest BCUT2D eigenvalue weighted by molar-refractivity contribution is 9.10. The van der Waals surface area contributed by atoms with Crippen LogP contribution < -0.4 is 10.1 Å². The van der Waals surface area contributed by atoms with Crippen LogP contribution in [0, 0.1) is 0 Å². The van der Waals surface area contributed by atoms with E-state index in [1.807, 2.05) is 48.5 Å². The van der Waals surface area contributed by atoms with Crippen molar-refractivity contribution in [3.05, 3.63) is 88.4 Å². The Hall–Kier alpha value is -3.24. The van der Waals surface area contributed by atoms with Crippen LogP contribution in [-0.4, -0.2) is 44.5 Å². The average Bonchev–Trinajstić information content (AvgIpc) is 3.28. The molecule has 4 rings (SSSR count). The number of thioether (sulfide) groups is 1. The molecule has 0 aliphatic rings. The molecule has 1 amide bonds. The van der Waals surface area contributed by atoms with Crippen molar-refractivity contribution in [1.82, 2.24) is 30.3 Å². The quantitative estimate of drug-likeness (QED) is 0.260. The molecule has 0 saturated heterocycles. The lowest BCUT2D eigenvalue weighted by molar-refractivity contribution is 0.0948. The smallest absolute Gasteiger partial charge is 0.273 e. The third-order valence-electron chi connectivity index (χ3n) is 4.80. The number of hydrogen-bond acceptors (Lipinski definition) is 7. The molecule has 10 heteroatoms. The Bertz CT molecular complexity index is 1220. The first-order chi connectivity index (χ1) is 16.2. The third kappa shape index (κ3) is 5.77. The summed E-state index contributed by atoms with van der Waals surface area (Å²) in [6.07, 6.45) is 4.01. The fourth-order valence-electron chi connectivity index (χ4n) is 3.19. The Morgan fingerprint density at radius 3 is 2.61 bits per heavy atom. The molecule has 0 fully saturated rings. The minimum atomic E-state index is -0.280. The first-order valence-electron chi connectivity index (χ1n) is 10.2. The highest BCUT2D eigenvalue weighted by Crippen LogP contribution is 2.24. The molecule has 0 aliphatic carbocycles. The van der Waals surface area contributed by atoms with Crippen LogP contribution in [0.5, 0.6) is 5.75 Å². The maximum absolute atomic E-state index is 13.0. The number of methoxy groups -OCH3 is 1. The number of carbonyl (C=O) groups is 1. The Balaban J connectivity index is 1.53. The lowest BCUT2D eigenvalue weighted by Gasteiger charge is -2.10. The predicted molar refractivity (Wildman–Crippen MR) is 130 cm³/mol. The molecule has 8 nitrogen and oxygen atoms in total. The maximum atomic E-state index is 13.0. The van der Waals surface area contributed by atoms with Gasteiger partial charge in [0.05, 0.1) is 18.5 Å². The summed E-state index contributed by atoms with van der Waals surface area (Å²) in [5, 5.41) is 12.0. The number of rotatable bonds is 9. The van der Waals surface area contributed by atoms with Crippen molar-refractivity contribution in [3.8, 4) is 11.4 Å². The number of ether oxygens (including phenoxy) is 1. The molecule has 1 N–H and O–H groups in total. The summed E-state index contributed by atoms with van der Waals surface area (Å²) in [5.41, 5.74) is 2.78. The molecule has 0 spiro atoms. The molecule has 4 aromatic rings. The van der Waals surface area contributed by atoms with Gasteiger partial charge in [0.2, 0.25) is 0 Å². The number of nitrogens with zero attached hydrogens (tertiary/aromatic N) is 5. The lowest BCUT2D eigenvalue weighted by atomic mass is 10.1. The number of aromatic nitrogens is 5. The van der Waals surface area contributed by atoms with Crippen molar-refractivity contribution in [2.24, 2.45) is 0 Å². The van der Waals surface area contributed by atoms with E-state index in [1.165, 1.54) is 11.8 Å². The summed E-state index contributed by atoms with van der Waals surface area (Å²) in [7, 11) is 1.64. The number of hydrogen-bond donors (Lipinski definition) is 1. The van der Waals surface area contributed by atoms with E-state index in [0.29, 0.717) is 29.6 Å². The molecule has 0 atom stereocenters. The maximum Gasteiger partial charge on any atom is 0.273 e. The van der Waals surface area contributed by atoms with Crippen molar-refractivity contribution in [3.63, 3.8) is 0 Å². The molecule has 168 valence electrons. The number of nitrogens with one attached hydrogen (secondary N) is 1. The minimum absolute atomic E-state index is 0.279. The van der Waals surface area contributed by atoms with Gasteiger partial charge in [-0.3, -0.25) is 4.79 Å². The Morgan fingerprint density at radius 2 is 1.85 bits per heavy atom. The van der Waals surface area contributed by atoms with Gasteiger partial charge >= 0.3 is 0 Å². The summed E-state index contributed by atoms with van der Waals surface area (Å²) >= 11 is 4.86. The van der Waals surface area contributed by atoms with Gasteiger partial charge in [0, 0.05) is 29.2 Å². The summed E-state index contributed by atoms with van der Waals surface area (Å²) in [6, 6.07) is 17.2. The number of para-hydroxylation sites is 1. The normalized spacial score (nSPS) is 10.7. The van der Waals surface area contributed by atoms with Crippen LogP contribution >= 0.6 is 27.7 Å². The van der Waals surface area contributed by atoms with Crippen molar-refractivity contribution >= 4 is 33.6 Å². The molecular weight excluding hydrogens is 504 g/mol. The average molecular weight is 525 g/mol. The second-order valence-electron chi connectivity index (χ2n) is 6.91. The summed E-state index contributed by atoms with van der Waals surface area (Å²) in [5.74, 6) is 0.952. The van der Waals surface area contributed by atoms with E-state index >= 15 is 0 Å². The Morgan fingerprint density at radius 1 is 1.09 bits per heavy atom. The predicted octanol–water partition coefficient (Wildman–Crippen LogP) is 4.09. The van der Waals surface area contributed by atoms with Crippen molar-refractivity contribution in [1.29, 1.82) is 0 Å². The van der Waals surface area contributed by atoms with Crippen LogP contribution in [-0.2, 0) is 12.2 Å². The van der Waals surface area contributed by atoms with Gasteiger partial charge in [0.15, 0.2) is 10.9 Å². The summed E-state index contributed by atoms with van der Waals surface area (Å²) in [6.45, 7) is 0.443. The SMILES string of the molecule is COc1ccccc1CCNC(=O)c1nnn(-c2ccc(Br)cc2)c1CSc1ncccn1. The number of halogens is 1.